The first-order chi connectivity index (χ1) is 15.8. The third-order valence-corrected chi connectivity index (χ3v) is 8.74. The molecule has 7 nitrogen and oxygen atoms in total. The first-order valence-corrected chi connectivity index (χ1v) is 13.4. The zero-order valence-electron chi connectivity index (χ0n) is 18.7. The number of sulfonamides is 1. The molecule has 0 atom stereocenters. The lowest BCUT2D eigenvalue weighted by Gasteiger charge is -2.34. The maximum atomic E-state index is 13.3. The molecule has 0 bridgehead atoms. The summed E-state index contributed by atoms with van der Waals surface area (Å²) in [6.07, 6.45) is 1.04. The van der Waals surface area contributed by atoms with E-state index in [4.69, 9.17) is 31.1 Å². The molecular weight excluding hydrogens is 482 g/mol. The second kappa shape index (κ2) is 9.66. The molecule has 2 aromatic rings. The summed E-state index contributed by atoms with van der Waals surface area (Å²) >= 11 is 7.70. The molecule has 0 saturated carbocycles. The molecule has 2 aromatic carbocycles. The lowest BCUT2D eigenvalue weighted by Crippen LogP contribution is -2.44. The zero-order valence-corrected chi connectivity index (χ0v) is 21.1. The Balaban J connectivity index is 1.57. The Morgan fingerprint density at radius 3 is 2.30 bits per heavy atom. The van der Waals surface area contributed by atoms with Gasteiger partial charge < -0.3 is 9.47 Å². The van der Waals surface area contributed by atoms with E-state index in [2.05, 4.69) is 6.92 Å². The van der Waals surface area contributed by atoms with Crippen molar-refractivity contribution in [1.29, 1.82) is 0 Å². The van der Waals surface area contributed by atoms with Gasteiger partial charge in [0.15, 0.2) is 17.2 Å². The van der Waals surface area contributed by atoms with Crippen molar-refractivity contribution < 1.29 is 17.9 Å². The van der Waals surface area contributed by atoms with Gasteiger partial charge in [-0.2, -0.15) is 4.31 Å². The minimum absolute atomic E-state index is 0.179. The van der Waals surface area contributed by atoms with E-state index < -0.39 is 15.7 Å². The molecule has 2 aliphatic heterocycles. The standard InChI is InChI=1S/C23H26ClN3O4S2/c1-4-32-22-21(16-5-7-17(24)8-6-16)25-23(26-22)11-13-27(14-12-23)33(28,29)18-9-10-19(30-2)20(15-18)31-3/h5-10,15H,4,11-14H2,1-3H3. The summed E-state index contributed by atoms with van der Waals surface area (Å²) in [5.41, 5.74) is 1.20. The van der Waals surface area contributed by atoms with Crippen LogP contribution in [0.5, 0.6) is 11.5 Å². The molecule has 1 spiro atoms. The highest BCUT2D eigenvalue weighted by molar-refractivity contribution is 8.15. The third kappa shape index (κ3) is 4.77. The normalized spacial score (nSPS) is 18.2. The summed E-state index contributed by atoms with van der Waals surface area (Å²) in [4.78, 5) is 10.2. The summed E-state index contributed by atoms with van der Waals surface area (Å²) in [6, 6.07) is 12.2. The van der Waals surface area contributed by atoms with Crippen molar-refractivity contribution in [3.63, 3.8) is 0 Å². The van der Waals surface area contributed by atoms with Crippen LogP contribution in [0.25, 0.3) is 0 Å². The first kappa shape index (κ1) is 24.1. The molecule has 176 valence electrons. The van der Waals surface area contributed by atoms with Crippen LogP contribution in [0, 0.1) is 0 Å². The number of piperidine rings is 1. The number of benzene rings is 2. The average molecular weight is 508 g/mol. The number of methoxy groups -OCH3 is 2. The van der Waals surface area contributed by atoms with Gasteiger partial charge in [-0.15, -0.1) is 11.8 Å². The SMILES string of the molecule is CCSC1=NC2(CCN(S(=O)(=O)c3ccc(OC)c(OC)c3)CC2)N=C1c1ccc(Cl)cc1. The highest BCUT2D eigenvalue weighted by atomic mass is 35.5. The molecule has 2 aliphatic rings. The molecule has 2 heterocycles. The molecule has 0 aromatic heterocycles. The van der Waals surface area contributed by atoms with Crippen molar-refractivity contribution in [2.45, 2.75) is 30.3 Å². The molecule has 1 saturated heterocycles. The van der Waals surface area contributed by atoms with Gasteiger partial charge in [0.25, 0.3) is 0 Å². The predicted octanol–water partition coefficient (Wildman–Crippen LogP) is 4.49. The number of hydrogen-bond acceptors (Lipinski definition) is 7. The largest absolute Gasteiger partial charge is 0.493 e. The summed E-state index contributed by atoms with van der Waals surface area (Å²) in [5, 5.41) is 1.57. The Bertz CT molecular complexity index is 1190. The molecule has 0 N–H and O–H groups in total. The lowest BCUT2D eigenvalue weighted by molar-refractivity contribution is 0.249. The van der Waals surface area contributed by atoms with Gasteiger partial charge in [-0.25, -0.2) is 13.4 Å². The number of nitrogens with zero attached hydrogens (tertiary/aromatic N) is 3. The van der Waals surface area contributed by atoms with Gasteiger partial charge in [-0.3, -0.25) is 4.99 Å². The number of rotatable bonds is 6. The monoisotopic (exact) mass is 507 g/mol. The van der Waals surface area contributed by atoms with Gasteiger partial charge in [-0.05, 0) is 30.0 Å². The van der Waals surface area contributed by atoms with Gasteiger partial charge in [0.1, 0.15) is 5.04 Å². The van der Waals surface area contributed by atoms with Crippen LogP contribution in [0.4, 0.5) is 0 Å². The Kier molecular flexibility index (Phi) is 7.04. The smallest absolute Gasteiger partial charge is 0.243 e. The molecule has 33 heavy (non-hydrogen) atoms. The molecule has 0 amide bonds. The Morgan fingerprint density at radius 1 is 1.03 bits per heavy atom. The number of hydrogen-bond donors (Lipinski definition) is 0. The number of thioether (sulfide) groups is 1. The van der Waals surface area contributed by atoms with Gasteiger partial charge in [0.05, 0.1) is 24.8 Å². The van der Waals surface area contributed by atoms with Crippen LogP contribution in [0.2, 0.25) is 5.02 Å². The van der Waals surface area contributed by atoms with Gasteiger partial charge in [0, 0.05) is 42.6 Å². The quantitative estimate of drug-likeness (QED) is 0.575. The molecule has 1 fully saturated rings. The second-order valence-corrected chi connectivity index (χ2v) is 11.3. The summed E-state index contributed by atoms with van der Waals surface area (Å²) in [6.45, 7) is 2.75. The minimum Gasteiger partial charge on any atom is -0.493 e. The van der Waals surface area contributed by atoms with E-state index >= 15 is 0 Å². The summed E-state index contributed by atoms with van der Waals surface area (Å²) in [7, 11) is -0.678. The van der Waals surface area contributed by atoms with Gasteiger partial charge >= 0.3 is 0 Å². The van der Waals surface area contributed by atoms with Crippen LogP contribution in [0.1, 0.15) is 25.3 Å². The fourth-order valence-corrected chi connectivity index (χ4v) is 6.38. The topological polar surface area (TPSA) is 80.6 Å². The number of ether oxygens (including phenoxy) is 2. The highest BCUT2D eigenvalue weighted by Crippen LogP contribution is 2.38. The Hall–Kier alpha value is -2.07. The molecule has 4 rings (SSSR count). The molecule has 10 heteroatoms. The first-order valence-electron chi connectivity index (χ1n) is 10.6. The average Bonchev–Trinajstić information content (AvgIpc) is 3.17. The van der Waals surface area contributed by atoms with Crippen LogP contribution in [-0.2, 0) is 10.0 Å². The third-order valence-electron chi connectivity index (χ3n) is 5.75. The Labute approximate surface area is 203 Å². The number of halogens is 1. The molecular formula is C23H26ClN3O4S2. The fraction of sp³-hybridized carbons (Fsp3) is 0.391. The van der Waals surface area contributed by atoms with Crippen LogP contribution in [0.3, 0.4) is 0 Å². The summed E-state index contributed by atoms with van der Waals surface area (Å²) < 4.78 is 38.6. The number of aliphatic imine (C=N–C) groups is 2. The van der Waals surface area contributed by atoms with Gasteiger partial charge in [0.2, 0.25) is 10.0 Å². The van der Waals surface area contributed by atoms with Crippen molar-refractivity contribution in [3.8, 4) is 11.5 Å². The predicted molar refractivity (Wildman–Crippen MR) is 134 cm³/mol. The lowest BCUT2D eigenvalue weighted by atomic mass is 10.00. The zero-order chi connectivity index (χ0) is 23.6. The molecule has 0 radical (unpaired) electrons. The van der Waals surface area contributed by atoms with Crippen LogP contribution >= 0.6 is 23.4 Å². The van der Waals surface area contributed by atoms with E-state index in [-0.39, 0.29) is 4.90 Å². The van der Waals surface area contributed by atoms with E-state index in [9.17, 15) is 8.42 Å². The van der Waals surface area contributed by atoms with Crippen molar-refractivity contribution in [1.82, 2.24) is 4.31 Å². The fourth-order valence-electron chi connectivity index (χ4n) is 3.99. The minimum atomic E-state index is -3.68. The van der Waals surface area contributed by atoms with E-state index in [1.807, 2.05) is 24.3 Å². The van der Waals surface area contributed by atoms with E-state index in [0.29, 0.717) is 42.5 Å². The molecule has 0 aliphatic carbocycles. The van der Waals surface area contributed by atoms with Crippen LogP contribution in [-0.4, -0.2) is 62.2 Å². The van der Waals surface area contributed by atoms with Crippen molar-refractivity contribution in [3.05, 3.63) is 53.1 Å². The summed E-state index contributed by atoms with van der Waals surface area (Å²) in [5.74, 6) is 1.74. The van der Waals surface area contributed by atoms with Crippen molar-refractivity contribution in [2.75, 3.05) is 33.1 Å². The Morgan fingerprint density at radius 2 is 1.70 bits per heavy atom. The second-order valence-electron chi connectivity index (χ2n) is 7.72. The van der Waals surface area contributed by atoms with E-state index in [1.54, 1.807) is 23.9 Å². The van der Waals surface area contributed by atoms with E-state index in [0.717, 1.165) is 22.1 Å². The maximum absolute atomic E-state index is 13.3. The highest BCUT2D eigenvalue weighted by Gasteiger charge is 2.42. The molecule has 0 unspecified atom stereocenters. The van der Waals surface area contributed by atoms with Crippen LogP contribution in [0.15, 0.2) is 57.3 Å². The van der Waals surface area contributed by atoms with Crippen LogP contribution < -0.4 is 9.47 Å². The van der Waals surface area contributed by atoms with E-state index in [1.165, 1.54) is 24.6 Å². The maximum Gasteiger partial charge on any atom is 0.243 e. The van der Waals surface area contributed by atoms with Crippen molar-refractivity contribution in [2.24, 2.45) is 9.98 Å². The van der Waals surface area contributed by atoms with Crippen molar-refractivity contribution >= 4 is 44.1 Å². The van der Waals surface area contributed by atoms with Gasteiger partial charge in [-0.1, -0.05) is 30.7 Å².